The second-order valence-corrected chi connectivity index (χ2v) is 6.15. The molecular formula is C19H25NO4. The molecule has 0 aliphatic heterocycles. The van der Waals surface area contributed by atoms with Crippen LogP contribution in [0.5, 0.6) is 5.75 Å². The number of amides is 1. The van der Waals surface area contributed by atoms with Crippen LogP contribution in [0.25, 0.3) is 6.08 Å². The molecule has 0 heterocycles. The van der Waals surface area contributed by atoms with Crippen molar-refractivity contribution in [2.24, 2.45) is 5.92 Å². The summed E-state index contributed by atoms with van der Waals surface area (Å²) in [4.78, 5) is 23.6. The number of benzene rings is 1. The Morgan fingerprint density at radius 1 is 1.21 bits per heavy atom. The minimum absolute atomic E-state index is 0.194. The van der Waals surface area contributed by atoms with Crippen molar-refractivity contribution in [1.29, 1.82) is 0 Å². The molecule has 1 N–H and O–H groups in total. The van der Waals surface area contributed by atoms with Crippen LogP contribution in [0, 0.1) is 5.92 Å². The molecule has 0 saturated heterocycles. The van der Waals surface area contributed by atoms with Gasteiger partial charge in [-0.2, -0.15) is 0 Å². The van der Waals surface area contributed by atoms with E-state index < -0.39 is 5.97 Å². The molecule has 130 valence electrons. The summed E-state index contributed by atoms with van der Waals surface area (Å²) in [7, 11) is 1.60. The van der Waals surface area contributed by atoms with Gasteiger partial charge in [0.1, 0.15) is 5.75 Å². The minimum atomic E-state index is -0.530. The van der Waals surface area contributed by atoms with E-state index in [9.17, 15) is 9.59 Å². The number of hydrogen-bond acceptors (Lipinski definition) is 4. The SMILES string of the molecule is COc1ccc(/C=C/C(=O)OCC(=O)NC2CCCCC2C)cc1. The van der Waals surface area contributed by atoms with Crippen LogP contribution in [0.4, 0.5) is 0 Å². The van der Waals surface area contributed by atoms with Gasteiger partial charge in [-0.3, -0.25) is 4.79 Å². The summed E-state index contributed by atoms with van der Waals surface area (Å²) in [5.41, 5.74) is 0.855. The summed E-state index contributed by atoms with van der Waals surface area (Å²) in [6.07, 6.45) is 7.45. The summed E-state index contributed by atoms with van der Waals surface area (Å²) in [6, 6.07) is 7.48. The monoisotopic (exact) mass is 331 g/mol. The van der Waals surface area contributed by atoms with Crippen molar-refractivity contribution in [1.82, 2.24) is 5.32 Å². The van der Waals surface area contributed by atoms with Crippen molar-refractivity contribution in [3.05, 3.63) is 35.9 Å². The second kappa shape index (κ2) is 9.11. The Labute approximate surface area is 143 Å². The van der Waals surface area contributed by atoms with E-state index in [0.717, 1.165) is 30.6 Å². The maximum absolute atomic E-state index is 11.9. The van der Waals surface area contributed by atoms with Crippen LogP contribution in [0.15, 0.2) is 30.3 Å². The van der Waals surface area contributed by atoms with Gasteiger partial charge in [-0.25, -0.2) is 4.79 Å². The van der Waals surface area contributed by atoms with Crippen LogP contribution in [-0.2, 0) is 14.3 Å². The quantitative estimate of drug-likeness (QED) is 0.643. The molecule has 2 atom stereocenters. The maximum Gasteiger partial charge on any atom is 0.331 e. The van der Waals surface area contributed by atoms with Gasteiger partial charge in [0, 0.05) is 12.1 Å². The van der Waals surface area contributed by atoms with Gasteiger partial charge in [-0.1, -0.05) is 31.9 Å². The molecule has 1 amide bonds. The molecule has 5 nitrogen and oxygen atoms in total. The van der Waals surface area contributed by atoms with Crippen LogP contribution in [-0.4, -0.2) is 31.6 Å². The third kappa shape index (κ3) is 5.72. The van der Waals surface area contributed by atoms with Gasteiger partial charge in [0.25, 0.3) is 5.91 Å². The Hall–Kier alpha value is -2.30. The van der Waals surface area contributed by atoms with Crippen molar-refractivity contribution in [2.75, 3.05) is 13.7 Å². The molecule has 0 bridgehead atoms. The van der Waals surface area contributed by atoms with Crippen molar-refractivity contribution in [3.8, 4) is 5.75 Å². The van der Waals surface area contributed by atoms with Crippen LogP contribution in [0.3, 0.4) is 0 Å². The summed E-state index contributed by atoms with van der Waals surface area (Å²) in [6.45, 7) is 1.91. The predicted molar refractivity (Wildman–Crippen MR) is 92.5 cm³/mol. The Morgan fingerprint density at radius 2 is 1.92 bits per heavy atom. The molecule has 0 spiro atoms. The normalized spacial score (nSPS) is 20.6. The van der Waals surface area contributed by atoms with E-state index in [1.54, 1.807) is 13.2 Å². The number of rotatable bonds is 6. The zero-order chi connectivity index (χ0) is 17.4. The van der Waals surface area contributed by atoms with Crippen molar-refractivity contribution in [2.45, 2.75) is 38.6 Å². The van der Waals surface area contributed by atoms with Crippen LogP contribution in [0.1, 0.15) is 38.2 Å². The Bertz CT molecular complexity index is 580. The number of esters is 1. The number of methoxy groups -OCH3 is 1. The fourth-order valence-electron chi connectivity index (χ4n) is 2.84. The lowest BCUT2D eigenvalue weighted by Gasteiger charge is -2.29. The lowest BCUT2D eigenvalue weighted by molar-refractivity contribution is -0.144. The fraction of sp³-hybridized carbons (Fsp3) is 0.474. The van der Waals surface area contributed by atoms with Gasteiger partial charge in [0.2, 0.25) is 0 Å². The molecule has 1 aliphatic rings. The highest BCUT2D eigenvalue weighted by molar-refractivity contribution is 5.89. The Kier molecular flexibility index (Phi) is 6.85. The first kappa shape index (κ1) is 18.0. The topological polar surface area (TPSA) is 64.6 Å². The van der Waals surface area contributed by atoms with E-state index in [4.69, 9.17) is 9.47 Å². The standard InChI is InChI=1S/C19H25NO4/c1-14-5-3-4-6-17(14)20-18(21)13-24-19(22)12-9-15-7-10-16(23-2)11-8-15/h7-12,14,17H,3-6,13H2,1-2H3,(H,20,21)/b12-9+. The third-order valence-electron chi connectivity index (χ3n) is 4.33. The summed E-state index contributed by atoms with van der Waals surface area (Å²) < 4.78 is 10.1. The zero-order valence-corrected chi connectivity index (χ0v) is 14.3. The molecule has 1 aliphatic carbocycles. The number of carbonyl (C=O) groups excluding carboxylic acids is 2. The Morgan fingerprint density at radius 3 is 2.58 bits per heavy atom. The molecule has 2 rings (SSSR count). The van der Waals surface area contributed by atoms with E-state index in [1.165, 1.54) is 12.5 Å². The lowest BCUT2D eigenvalue weighted by atomic mass is 9.86. The third-order valence-corrected chi connectivity index (χ3v) is 4.33. The zero-order valence-electron chi connectivity index (χ0n) is 14.3. The molecule has 1 aromatic rings. The van der Waals surface area contributed by atoms with Crippen LogP contribution < -0.4 is 10.1 Å². The van der Waals surface area contributed by atoms with E-state index in [1.807, 2.05) is 24.3 Å². The number of ether oxygens (including phenoxy) is 2. The van der Waals surface area contributed by atoms with E-state index in [-0.39, 0.29) is 18.6 Å². The molecule has 1 aromatic carbocycles. The lowest BCUT2D eigenvalue weighted by Crippen LogP contribution is -2.42. The summed E-state index contributed by atoms with van der Waals surface area (Å²) in [5, 5.41) is 2.96. The molecule has 1 fully saturated rings. The molecule has 1 saturated carbocycles. The molecule has 2 unspecified atom stereocenters. The van der Waals surface area contributed by atoms with Gasteiger partial charge in [-0.05, 0) is 42.5 Å². The Balaban J connectivity index is 1.73. The van der Waals surface area contributed by atoms with Crippen molar-refractivity contribution >= 4 is 18.0 Å². The van der Waals surface area contributed by atoms with Crippen LogP contribution >= 0.6 is 0 Å². The van der Waals surface area contributed by atoms with Gasteiger partial charge in [-0.15, -0.1) is 0 Å². The molecule has 24 heavy (non-hydrogen) atoms. The van der Waals surface area contributed by atoms with E-state index >= 15 is 0 Å². The molecule has 0 aromatic heterocycles. The number of nitrogens with one attached hydrogen (secondary N) is 1. The average molecular weight is 331 g/mol. The maximum atomic E-state index is 11.9. The first-order valence-electron chi connectivity index (χ1n) is 8.36. The summed E-state index contributed by atoms with van der Waals surface area (Å²) in [5.74, 6) is 0.467. The van der Waals surface area contributed by atoms with Gasteiger partial charge in [0.15, 0.2) is 6.61 Å². The van der Waals surface area contributed by atoms with Gasteiger partial charge in [0.05, 0.1) is 7.11 Å². The molecule has 0 radical (unpaired) electrons. The van der Waals surface area contributed by atoms with E-state index in [0.29, 0.717) is 5.92 Å². The summed E-state index contributed by atoms with van der Waals surface area (Å²) >= 11 is 0. The largest absolute Gasteiger partial charge is 0.497 e. The van der Waals surface area contributed by atoms with E-state index in [2.05, 4.69) is 12.2 Å². The predicted octanol–water partition coefficient (Wildman–Crippen LogP) is 2.95. The average Bonchev–Trinajstić information content (AvgIpc) is 2.60. The van der Waals surface area contributed by atoms with Gasteiger partial charge < -0.3 is 14.8 Å². The minimum Gasteiger partial charge on any atom is -0.497 e. The fourth-order valence-corrected chi connectivity index (χ4v) is 2.84. The molecular weight excluding hydrogens is 306 g/mol. The van der Waals surface area contributed by atoms with Crippen molar-refractivity contribution in [3.63, 3.8) is 0 Å². The number of carbonyl (C=O) groups is 2. The highest BCUT2D eigenvalue weighted by Crippen LogP contribution is 2.23. The first-order valence-corrected chi connectivity index (χ1v) is 8.36. The highest BCUT2D eigenvalue weighted by Gasteiger charge is 2.22. The second-order valence-electron chi connectivity index (χ2n) is 6.15. The first-order chi connectivity index (χ1) is 11.6. The smallest absolute Gasteiger partial charge is 0.331 e. The van der Waals surface area contributed by atoms with Crippen LogP contribution in [0.2, 0.25) is 0 Å². The van der Waals surface area contributed by atoms with Gasteiger partial charge >= 0.3 is 5.97 Å². The van der Waals surface area contributed by atoms with Crippen molar-refractivity contribution < 1.29 is 19.1 Å². The number of hydrogen-bond donors (Lipinski definition) is 1. The molecule has 5 heteroatoms. The highest BCUT2D eigenvalue weighted by atomic mass is 16.5.